The average Bonchev–Trinajstić information content (AvgIpc) is 2.64. The lowest BCUT2D eigenvalue weighted by molar-refractivity contribution is 0.216. The van der Waals surface area contributed by atoms with Crippen LogP contribution in [-0.4, -0.2) is 9.55 Å². The van der Waals surface area contributed by atoms with Gasteiger partial charge in [0.2, 0.25) is 0 Å². The maximum Gasteiger partial charge on any atom is 0.128 e. The summed E-state index contributed by atoms with van der Waals surface area (Å²) in [5, 5.41) is -0.160. The molecular formula is C15H18ClFN2. The van der Waals surface area contributed by atoms with Crippen molar-refractivity contribution in [3.8, 4) is 0 Å². The zero-order valence-corrected chi connectivity index (χ0v) is 12.2. The summed E-state index contributed by atoms with van der Waals surface area (Å²) in [7, 11) is 0. The van der Waals surface area contributed by atoms with Crippen molar-refractivity contribution in [2.75, 3.05) is 0 Å². The van der Waals surface area contributed by atoms with Gasteiger partial charge in [0.1, 0.15) is 11.6 Å². The molecule has 4 heteroatoms. The van der Waals surface area contributed by atoms with Crippen LogP contribution in [-0.2, 0) is 0 Å². The van der Waals surface area contributed by atoms with E-state index in [1.807, 2.05) is 13.0 Å². The molecule has 1 atom stereocenters. The Morgan fingerprint density at radius 2 is 2.11 bits per heavy atom. The second-order valence-corrected chi connectivity index (χ2v) is 6.43. The molecule has 3 rings (SSSR count). The van der Waals surface area contributed by atoms with E-state index in [9.17, 15) is 4.39 Å². The van der Waals surface area contributed by atoms with Crippen LogP contribution in [0.15, 0.2) is 12.1 Å². The Morgan fingerprint density at radius 1 is 1.42 bits per heavy atom. The van der Waals surface area contributed by atoms with Crippen LogP contribution in [0, 0.1) is 18.7 Å². The van der Waals surface area contributed by atoms with Crippen LogP contribution in [0.5, 0.6) is 0 Å². The minimum Gasteiger partial charge on any atom is -0.324 e. The maximum atomic E-state index is 13.7. The van der Waals surface area contributed by atoms with Gasteiger partial charge in [-0.2, -0.15) is 0 Å². The van der Waals surface area contributed by atoms with Gasteiger partial charge in [0, 0.05) is 12.1 Å². The third-order valence-electron chi connectivity index (χ3n) is 4.07. The summed E-state index contributed by atoms with van der Waals surface area (Å²) in [6.07, 6.45) is 2.30. The SMILES string of the molecule is Cc1cc2c(cc1F)nc(C(C)Cl)n2C1CC(C)C1. The molecule has 1 heterocycles. The van der Waals surface area contributed by atoms with Crippen LogP contribution in [0.1, 0.15) is 49.5 Å². The molecule has 2 aromatic rings. The van der Waals surface area contributed by atoms with E-state index in [1.165, 1.54) is 6.07 Å². The van der Waals surface area contributed by atoms with Crippen LogP contribution in [0.2, 0.25) is 0 Å². The molecule has 1 unspecified atom stereocenters. The van der Waals surface area contributed by atoms with Gasteiger partial charge in [-0.15, -0.1) is 11.6 Å². The number of aromatic nitrogens is 2. The monoisotopic (exact) mass is 280 g/mol. The average molecular weight is 281 g/mol. The van der Waals surface area contributed by atoms with E-state index in [1.54, 1.807) is 6.92 Å². The lowest BCUT2D eigenvalue weighted by atomic mass is 9.81. The van der Waals surface area contributed by atoms with Crippen molar-refractivity contribution in [1.82, 2.24) is 9.55 Å². The number of aryl methyl sites for hydroxylation is 1. The molecule has 1 aromatic heterocycles. The first kappa shape index (κ1) is 12.9. The molecule has 0 spiro atoms. The van der Waals surface area contributed by atoms with Crippen molar-refractivity contribution >= 4 is 22.6 Å². The van der Waals surface area contributed by atoms with Gasteiger partial charge in [-0.3, -0.25) is 0 Å². The second kappa shape index (κ2) is 4.48. The summed E-state index contributed by atoms with van der Waals surface area (Å²) in [5.74, 6) is 1.41. The highest BCUT2D eigenvalue weighted by Gasteiger charge is 2.31. The van der Waals surface area contributed by atoms with Crippen LogP contribution in [0.4, 0.5) is 4.39 Å². The minimum absolute atomic E-state index is 0.160. The predicted molar refractivity (Wildman–Crippen MR) is 76.1 cm³/mol. The third-order valence-corrected chi connectivity index (χ3v) is 4.26. The quantitative estimate of drug-likeness (QED) is 0.726. The van der Waals surface area contributed by atoms with Gasteiger partial charge in [0.05, 0.1) is 16.4 Å². The van der Waals surface area contributed by atoms with Gasteiger partial charge in [-0.25, -0.2) is 9.37 Å². The van der Waals surface area contributed by atoms with Gasteiger partial charge < -0.3 is 4.57 Å². The summed E-state index contributed by atoms with van der Waals surface area (Å²) in [6, 6.07) is 3.87. The number of halogens is 2. The van der Waals surface area contributed by atoms with Crippen LogP contribution in [0.25, 0.3) is 11.0 Å². The summed E-state index contributed by atoms with van der Waals surface area (Å²) < 4.78 is 15.9. The number of rotatable bonds is 2. The predicted octanol–water partition coefficient (Wildman–Crippen LogP) is 4.75. The fourth-order valence-electron chi connectivity index (χ4n) is 2.97. The molecule has 19 heavy (non-hydrogen) atoms. The van der Waals surface area contributed by atoms with Gasteiger partial charge in [0.25, 0.3) is 0 Å². The lowest BCUT2D eigenvalue weighted by Crippen LogP contribution is -2.26. The first-order chi connectivity index (χ1) is 8.97. The summed E-state index contributed by atoms with van der Waals surface area (Å²) in [6.45, 7) is 5.97. The lowest BCUT2D eigenvalue weighted by Gasteiger charge is -2.35. The van der Waals surface area contributed by atoms with Gasteiger partial charge >= 0.3 is 0 Å². The number of hydrogen-bond acceptors (Lipinski definition) is 1. The van der Waals surface area contributed by atoms with E-state index in [4.69, 9.17) is 11.6 Å². The topological polar surface area (TPSA) is 17.8 Å². The van der Waals surface area contributed by atoms with Crippen molar-refractivity contribution in [3.05, 3.63) is 29.3 Å². The van der Waals surface area contributed by atoms with Crippen LogP contribution < -0.4 is 0 Å². The Hall–Kier alpha value is -1.09. The molecule has 0 aliphatic heterocycles. The number of benzene rings is 1. The van der Waals surface area contributed by atoms with Crippen molar-refractivity contribution in [2.24, 2.45) is 5.92 Å². The maximum absolute atomic E-state index is 13.7. The molecule has 0 N–H and O–H groups in total. The number of hydrogen-bond donors (Lipinski definition) is 0. The van der Waals surface area contributed by atoms with E-state index in [2.05, 4.69) is 16.5 Å². The minimum atomic E-state index is -0.201. The number of imidazole rings is 1. The molecule has 0 bridgehead atoms. The molecular weight excluding hydrogens is 263 g/mol. The Morgan fingerprint density at radius 3 is 2.68 bits per heavy atom. The Bertz CT molecular complexity index is 627. The number of fused-ring (bicyclic) bond motifs is 1. The normalized spacial score (nSPS) is 24.5. The van der Waals surface area contributed by atoms with Gasteiger partial charge in [-0.05, 0) is 44.2 Å². The fraction of sp³-hybridized carbons (Fsp3) is 0.533. The van der Waals surface area contributed by atoms with E-state index < -0.39 is 0 Å². The molecule has 1 aliphatic rings. The summed E-state index contributed by atoms with van der Waals surface area (Å²) in [5.41, 5.74) is 2.39. The molecule has 0 radical (unpaired) electrons. The molecule has 0 amide bonds. The van der Waals surface area contributed by atoms with Gasteiger partial charge in [0.15, 0.2) is 0 Å². The highest BCUT2D eigenvalue weighted by Crippen LogP contribution is 2.41. The van der Waals surface area contributed by atoms with Crippen LogP contribution in [0.3, 0.4) is 0 Å². The first-order valence-electron chi connectivity index (χ1n) is 6.79. The molecule has 1 aromatic carbocycles. The van der Waals surface area contributed by atoms with Crippen molar-refractivity contribution in [1.29, 1.82) is 0 Å². The van der Waals surface area contributed by atoms with E-state index in [0.717, 1.165) is 30.1 Å². The molecule has 2 nitrogen and oxygen atoms in total. The van der Waals surface area contributed by atoms with E-state index in [0.29, 0.717) is 17.1 Å². The Kier molecular flexibility index (Phi) is 3.05. The highest BCUT2D eigenvalue weighted by atomic mass is 35.5. The zero-order chi connectivity index (χ0) is 13.7. The Balaban J connectivity index is 2.20. The van der Waals surface area contributed by atoms with Gasteiger partial charge in [-0.1, -0.05) is 6.92 Å². The Labute approximate surface area is 117 Å². The molecule has 1 fully saturated rings. The zero-order valence-electron chi connectivity index (χ0n) is 11.5. The van der Waals surface area contributed by atoms with E-state index >= 15 is 0 Å². The van der Waals surface area contributed by atoms with E-state index in [-0.39, 0.29) is 11.2 Å². The van der Waals surface area contributed by atoms with Crippen molar-refractivity contribution < 1.29 is 4.39 Å². The van der Waals surface area contributed by atoms with Crippen LogP contribution >= 0.6 is 11.6 Å². The number of nitrogens with zero attached hydrogens (tertiary/aromatic N) is 2. The molecule has 0 saturated heterocycles. The molecule has 1 saturated carbocycles. The summed E-state index contributed by atoms with van der Waals surface area (Å²) >= 11 is 6.24. The smallest absolute Gasteiger partial charge is 0.128 e. The second-order valence-electron chi connectivity index (χ2n) is 5.78. The third kappa shape index (κ3) is 2.04. The molecule has 102 valence electrons. The van der Waals surface area contributed by atoms with Crippen molar-refractivity contribution in [2.45, 2.75) is 45.0 Å². The number of alkyl halides is 1. The first-order valence-corrected chi connectivity index (χ1v) is 7.23. The van der Waals surface area contributed by atoms with Crippen molar-refractivity contribution in [3.63, 3.8) is 0 Å². The fourth-order valence-corrected chi connectivity index (χ4v) is 3.13. The summed E-state index contributed by atoms with van der Waals surface area (Å²) in [4.78, 5) is 4.53. The highest BCUT2D eigenvalue weighted by molar-refractivity contribution is 6.20. The largest absolute Gasteiger partial charge is 0.324 e. The molecule has 1 aliphatic carbocycles. The standard InChI is InChI=1S/C15H18ClFN2/c1-8-4-11(5-8)19-14-6-9(2)12(17)7-13(14)18-15(19)10(3)16/h6-8,10-11H,4-5H2,1-3H3.